The zero-order valence-electron chi connectivity index (χ0n) is 24.1. The number of nitrogens with one attached hydrogen (secondary N) is 3. The molecule has 3 aromatic rings. The molecule has 0 aliphatic carbocycles. The van der Waals surface area contributed by atoms with Crippen LogP contribution in [0.15, 0.2) is 91.0 Å². The number of benzene rings is 3. The molecule has 0 unspecified atom stereocenters. The maximum atomic E-state index is 13.7. The lowest BCUT2D eigenvalue weighted by Crippen LogP contribution is -2.53. The molecule has 5 N–H and O–H groups in total. The average molecular weight is 559 g/mol. The fraction of sp³-hybridized carbons (Fsp3) is 0.364. The van der Waals surface area contributed by atoms with Crippen molar-refractivity contribution in [2.75, 3.05) is 6.54 Å². The largest absolute Gasteiger partial charge is 0.444 e. The lowest BCUT2D eigenvalue weighted by molar-refractivity contribution is -0.130. The third-order valence-electron chi connectivity index (χ3n) is 6.41. The van der Waals surface area contributed by atoms with Gasteiger partial charge in [0.15, 0.2) is 0 Å². The smallest absolute Gasteiger partial charge is 0.407 e. The third kappa shape index (κ3) is 11.1. The van der Waals surface area contributed by atoms with E-state index in [2.05, 4.69) is 16.0 Å². The van der Waals surface area contributed by atoms with Crippen LogP contribution < -0.4 is 21.7 Å². The van der Waals surface area contributed by atoms with E-state index in [9.17, 15) is 14.4 Å². The summed E-state index contributed by atoms with van der Waals surface area (Å²) in [5.41, 5.74) is 8.45. The quantitative estimate of drug-likeness (QED) is 0.228. The SMILES string of the molecule is CC(C)(C)OC(=O)NCCCC[C@H](N)C(=O)N[C@@H](Cc1ccccc1)C(=O)NC(c1ccccc1)c1ccccc1. The Morgan fingerprint density at radius 3 is 1.83 bits per heavy atom. The van der Waals surface area contributed by atoms with Gasteiger partial charge in [0.2, 0.25) is 11.8 Å². The summed E-state index contributed by atoms with van der Waals surface area (Å²) in [5.74, 6) is -0.689. The van der Waals surface area contributed by atoms with Crippen molar-refractivity contribution in [3.8, 4) is 0 Å². The Bertz CT molecular complexity index is 1190. The van der Waals surface area contributed by atoms with E-state index in [0.29, 0.717) is 32.2 Å². The lowest BCUT2D eigenvalue weighted by Gasteiger charge is -2.25. The normalized spacial score (nSPS) is 12.7. The Kier molecular flexibility index (Phi) is 11.9. The van der Waals surface area contributed by atoms with E-state index in [1.165, 1.54) is 0 Å². The second-order valence-electron chi connectivity index (χ2n) is 11.0. The van der Waals surface area contributed by atoms with Gasteiger partial charge < -0.3 is 26.4 Å². The number of rotatable bonds is 13. The van der Waals surface area contributed by atoms with Gasteiger partial charge in [0.05, 0.1) is 12.1 Å². The molecule has 8 heteroatoms. The molecular formula is C33H42N4O4. The van der Waals surface area contributed by atoms with Crippen LogP contribution in [0.2, 0.25) is 0 Å². The molecule has 0 aromatic heterocycles. The van der Waals surface area contributed by atoms with Gasteiger partial charge in [-0.05, 0) is 56.7 Å². The second kappa shape index (κ2) is 15.6. The molecule has 0 aliphatic rings. The lowest BCUT2D eigenvalue weighted by atomic mass is 9.97. The number of alkyl carbamates (subject to hydrolysis) is 1. The van der Waals surface area contributed by atoms with Crippen molar-refractivity contribution in [1.82, 2.24) is 16.0 Å². The first kappa shape index (κ1) is 31.4. The number of carbonyl (C=O) groups excluding carboxylic acids is 3. The van der Waals surface area contributed by atoms with Crippen molar-refractivity contribution >= 4 is 17.9 Å². The maximum Gasteiger partial charge on any atom is 0.407 e. The highest BCUT2D eigenvalue weighted by Crippen LogP contribution is 2.22. The summed E-state index contributed by atoms with van der Waals surface area (Å²) in [6.45, 7) is 5.83. The van der Waals surface area contributed by atoms with Crippen LogP contribution in [0.4, 0.5) is 4.79 Å². The zero-order valence-corrected chi connectivity index (χ0v) is 24.1. The zero-order chi connectivity index (χ0) is 29.7. The van der Waals surface area contributed by atoms with Crippen molar-refractivity contribution in [3.05, 3.63) is 108 Å². The molecule has 0 saturated carbocycles. The van der Waals surface area contributed by atoms with Crippen LogP contribution in [0.3, 0.4) is 0 Å². The fourth-order valence-electron chi connectivity index (χ4n) is 4.36. The molecule has 0 heterocycles. The van der Waals surface area contributed by atoms with Crippen molar-refractivity contribution < 1.29 is 19.1 Å². The fourth-order valence-corrected chi connectivity index (χ4v) is 4.36. The molecule has 0 bridgehead atoms. The highest BCUT2D eigenvalue weighted by molar-refractivity contribution is 5.90. The highest BCUT2D eigenvalue weighted by atomic mass is 16.6. The molecule has 3 rings (SSSR count). The first-order valence-corrected chi connectivity index (χ1v) is 14.1. The molecule has 8 nitrogen and oxygen atoms in total. The Balaban J connectivity index is 1.63. The third-order valence-corrected chi connectivity index (χ3v) is 6.41. The molecule has 41 heavy (non-hydrogen) atoms. The van der Waals surface area contributed by atoms with Crippen LogP contribution in [0.25, 0.3) is 0 Å². The maximum absolute atomic E-state index is 13.7. The minimum absolute atomic E-state index is 0.298. The van der Waals surface area contributed by atoms with Crippen LogP contribution in [-0.2, 0) is 20.7 Å². The van der Waals surface area contributed by atoms with Gasteiger partial charge in [-0.2, -0.15) is 0 Å². The number of carbonyl (C=O) groups is 3. The van der Waals surface area contributed by atoms with Crippen molar-refractivity contribution in [2.24, 2.45) is 5.73 Å². The van der Waals surface area contributed by atoms with Crippen LogP contribution >= 0.6 is 0 Å². The molecule has 2 atom stereocenters. The number of amides is 3. The predicted octanol–water partition coefficient (Wildman–Crippen LogP) is 4.64. The molecular weight excluding hydrogens is 516 g/mol. The summed E-state index contributed by atoms with van der Waals surface area (Å²) in [6, 6.07) is 27.0. The first-order chi connectivity index (χ1) is 19.6. The summed E-state index contributed by atoms with van der Waals surface area (Å²) in [5, 5.41) is 8.75. The molecule has 0 fully saturated rings. The second-order valence-corrected chi connectivity index (χ2v) is 11.0. The number of hydrogen-bond donors (Lipinski definition) is 4. The number of ether oxygens (including phenoxy) is 1. The van der Waals surface area contributed by atoms with Gasteiger partial charge in [-0.3, -0.25) is 9.59 Å². The summed E-state index contributed by atoms with van der Waals surface area (Å²) in [4.78, 5) is 38.6. The van der Waals surface area contributed by atoms with Crippen LogP contribution in [0, 0.1) is 0 Å². The van der Waals surface area contributed by atoms with Gasteiger partial charge >= 0.3 is 6.09 Å². The minimum atomic E-state index is -0.820. The van der Waals surface area contributed by atoms with Crippen molar-refractivity contribution in [2.45, 2.75) is 70.2 Å². The molecule has 0 aliphatic heterocycles. The molecule has 3 amide bonds. The van der Waals surface area contributed by atoms with Gasteiger partial charge in [0, 0.05) is 13.0 Å². The van der Waals surface area contributed by atoms with E-state index < -0.39 is 29.7 Å². The van der Waals surface area contributed by atoms with Crippen molar-refractivity contribution in [3.63, 3.8) is 0 Å². The molecule has 0 spiro atoms. The summed E-state index contributed by atoms with van der Waals surface area (Å²) >= 11 is 0. The van der Waals surface area contributed by atoms with E-state index in [-0.39, 0.29) is 11.9 Å². The van der Waals surface area contributed by atoms with Gasteiger partial charge in [-0.25, -0.2) is 4.79 Å². The average Bonchev–Trinajstić information content (AvgIpc) is 2.95. The standard InChI is InChI=1S/C33H42N4O4/c1-33(2,3)41-32(40)35-22-14-13-21-27(34)30(38)36-28(23-24-15-7-4-8-16-24)31(39)37-29(25-17-9-5-10-18-25)26-19-11-6-12-20-26/h4-12,15-20,27-29H,13-14,21-23,34H2,1-3H3,(H,35,40)(H,36,38)(H,37,39)/t27-,28-/m0/s1. The van der Waals surface area contributed by atoms with E-state index in [1.807, 2.05) is 91.0 Å². The predicted molar refractivity (Wildman–Crippen MR) is 161 cm³/mol. The van der Waals surface area contributed by atoms with E-state index in [1.54, 1.807) is 20.8 Å². The summed E-state index contributed by atoms with van der Waals surface area (Å²) < 4.78 is 5.23. The van der Waals surface area contributed by atoms with Crippen LogP contribution in [0.1, 0.15) is 62.8 Å². The molecule has 3 aromatic carbocycles. The molecule has 218 valence electrons. The number of hydrogen-bond acceptors (Lipinski definition) is 5. The van der Waals surface area contributed by atoms with Crippen LogP contribution in [-0.4, -0.2) is 42.1 Å². The van der Waals surface area contributed by atoms with Gasteiger partial charge in [0.25, 0.3) is 0 Å². The Hall–Kier alpha value is -4.17. The first-order valence-electron chi connectivity index (χ1n) is 14.1. The molecule has 0 radical (unpaired) electrons. The van der Waals surface area contributed by atoms with Crippen LogP contribution in [0.5, 0.6) is 0 Å². The monoisotopic (exact) mass is 558 g/mol. The number of unbranched alkanes of at least 4 members (excludes halogenated alkanes) is 1. The Morgan fingerprint density at radius 2 is 1.29 bits per heavy atom. The topological polar surface area (TPSA) is 123 Å². The van der Waals surface area contributed by atoms with E-state index in [0.717, 1.165) is 16.7 Å². The summed E-state index contributed by atoms with van der Waals surface area (Å²) in [7, 11) is 0. The minimum Gasteiger partial charge on any atom is -0.444 e. The summed E-state index contributed by atoms with van der Waals surface area (Å²) in [6.07, 6.45) is 1.53. The van der Waals surface area contributed by atoms with E-state index in [4.69, 9.17) is 10.5 Å². The Morgan fingerprint density at radius 1 is 0.756 bits per heavy atom. The van der Waals surface area contributed by atoms with Gasteiger partial charge in [-0.1, -0.05) is 91.0 Å². The molecule has 0 saturated heterocycles. The van der Waals surface area contributed by atoms with E-state index >= 15 is 0 Å². The van der Waals surface area contributed by atoms with Gasteiger partial charge in [-0.15, -0.1) is 0 Å². The number of nitrogens with two attached hydrogens (primary N) is 1. The Labute approximate surface area is 243 Å². The van der Waals surface area contributed by atoms with Crippen molar-refractivity contribution in [1.29, 1.82) is 0 Å². The van der Waals surface area contributed by atoms with Gasteiger partial charge in [0.1, 0.15) is 11.6 Å². The highest BCUT2D eigenvalue weighted by Gasteiger charge is 2.27.